The first kappa shape index (κ1) is 13.2. The number of nitrogens with zero attached hydrogens (tertiary/aromatic N) is 3. The van der Waals surface area contributed by atoms with Gasteiger partial charge in [0, 0.05) is 17.4 Å². The Morgan fingerprint density at radius 3 is 2.81 bits per heavy atom. The van der Waals surface area contributed by atoms with E-state index in [0.717, 1.165) is 11.4 Å². The summed E-state index contributed by atoms with van der Waals surface area (Å²) in [5.41, 5.74) is 2.90. The van der Waals surface area contributed by atoms with E-state index in [1.54, 1.807) is 22.7 Å². The summed E-state index contributed by atoms with van der Waals surface area (Å²) in [5, 5.41) is 6.91. The smallest absolute Gasteiger partial charge is 0.274 e. The van der Waals surface area contributed by atoms with Crippen molar-refractivity contribution in [2.75, 3.05) is 5.32 Å². The first-order valence-electron chi connectivity index (χ1n) is 6.44. The molecule has 106 valence electrons. The van der Waals surface area contributed by atoms with Crippen molar-refractivity contribution in [1.29, 1.82) is 0 Å². The number of amides is 1. The monoisotopic (exact) mass is 284 g/mol. The Kier molecular flexibility index (Phi) is 3.13. The van der Waals surface area contributed by atoms with E-state index in [2.05, 4.69) is 15.4 Å². The van der Waals surface area contributed by atoms with Gasteiger partial charge in [-0.1, -0.05) is 6.07 Å². The van der Waals surface area contributed by atoms with Gasteiger partial charge in [-0.2, -0.15) is 5.10 Å². The Bertz CT molecular complexity index is 841. The van der Waals surface area contributed by atoms with Crippen molar-refractivity contribution in [2.24, 2.45) is 0 Å². The van der Waals surface area contributed by atoms with Gasteiger partial charge in [0.2, 0.25) is 0 Å². The van der Waals surface area contributed by atoms with Gasteiger partial charge >= 0.3 is 0 Å². The summed E-state index contributed by atoms with van der Waals surface area (Å²) in [7, 11) is 0. The van der Waals surface area contributed by atoms with Gasteiger partial charge in [0.05, 0.1) is 5.69 Å². The number of aromatic nitrogens is 3. The molecule has 1 N–H and O–H groups in total. The van der Waals surface area contributed by atoms with Crippen molar-refractivity contribution in [3.8, 4) is 0 Å². The average molecular weight is 284 g/mol. The van der Waals surface area contributed by atoms with Crippen molar-refractivity contribution >= 4 is 17.2 Å². The Morgan fingerprint density at radius 2 is 2.05 bits per heavy atom. The van der Waals surface area contributed by atoms with Crippen LogP contribution in [0.2, 0.25) is 0 Å². The molecule has 0 aliphatic heterocycles. The van der Waals surface area contributed by atoms with Crippen LogP contribution in [0.4, 0.5) is 10.1 Å². The first-order chi connectivity index (χ1) is 10.0. The topological polar surface area (TPSA) is 59.3 Å². The fourth-order valence-electron chi connectivity index (χ4n) is 2.12. The molecule has 5 nitrogen and oxygen atoms in total. The van der Waals surface area contributed by atoms with Gasteiger partial charge in [-0.3, -0.25) is 4.79 Å². The molecule has 1 aromatic carbocycles. The molecular formula is C15H13FN4O. The lowest BCUT2D eigenvalue weighted by molar-refractivity contribution is 0.102. The fourth-order valence-corrected chi connectivity index (χ4v) is 2.12. The lowest BCUT2D eigenvalue weighted by atomic mass is 10.2. The molecule has 0 fully saturated rings. The highest BCUT2D eigenvalue weighted by Crippen LogP contribution is 2.13. The number of rotatable bonds is 2. The van der Waals surface area contributed by atoms with Gasteiger partial charge in [-0.15, -0.1) is 0 Å². The molecule has 21 heavy (non-hydrogen) atoms. The molecule has 0 unspecified atom stereocenters. The van der Waals surface area contributed by atoms with Gasteiger partial charge in [0.25, 0.3) is 5.91 Å². The molecule has 0 bridgehead atoms. The van der Waals surface area contributed by atoms with E-state index >= 15 is 0 Å². The second kappa shape index (κ2) is 4.97. The SMILES string of the molecule is Cc1cc2nc(C(=O)Nc3cccc(F)c3)cc(C)n2n1. The van der Waals surface area contributed by atoms with Crippen LogP contribution in [0, 0.1) is 19.7 Å². The lowest BCUT2D eigenvalue weighted by Crippen LogP contribution is -2.15. The second-order valence-electron chi connectivity index (χ2n) is 4.80. The quantitative estimate of drug-likeness (QED) is 0.787. The van der Waals surface area contributed by atoms with Crippen LogP contribution < -0.4 is 5.32 Å². The number of fused-ring (bicyclic) bond motifs is 1. The van der Waals surface area contributed by atoms with E-state index in [1.807, 2.05) is 13.8 Å². The number of aryl methyl sites for hydroxylation is 2. The Labute approximate surface area is 120 Å². The molecule has 0 radical (unpaired) electrons. The molecule has 0 atom stereocenters. The zero-order valence-electron chi connectivity index (χ0n) is 11.6. The van der Waals surface area contributed by atoms with E-state index in [1.165, 1.54) is 18.2 Å². The van der Waals surface area contributed by atoms with Gasteiger partial charge in [-0.25, -0.2) is 13.9 Å². The Morgan fingerprint density at radius 1 is 1.24 bits per heavy atom. The maximum Gasteiger partial charge on any atom is 0.274 e. The van der Waals surface area contributed by atoms with Gasteiger partial charge in [0.1, 0.15) is 11.5 Å². The Hall–Kier alpha value is -2.76. The third-order valence-electron chi connectivity index (χ3n) is 3.04. The minimum atomic E-state index is -0.404. The highest BCUT2D eigenvalue weighted by Gasteiger charge is 2.12. The van der Waals surface area contributed by atoms with E-state index in [9.17, 15) is 9.18 Å². The molecule has 0 saturated heterocycles. The van der Waals surface area contributed by atoms with Crippen LogP contribution >= 0.6 is 0 Å². The number of halogens is 1. The molecule has 3 rings (SSSR count). The summed E-state index contributed by atoms with van der Waals surface area (Å²) in [6.07, 6.45) is 0. The molecule has 0 spiro atoms. The molecule has 0 aliphatic rings. The summed E-state index contributed by atoms with van der Waals surface area (Å²) in [6.45, 7) is 3.71. The summed E-state index contributed by atoms with van der Waals surface area (Å²) >= 11 is 0. The Balaban J connectivity index is 1.94. The number of carbonyl (C=O) groups is 1. The molecule has 2 heterocycles. The molecule has 2 aromatic heterocycles. The zero-order chi connectivity index (χ0) is 15.0. The first-order valence-corrected chi connectivity index (χ1v) is 6.44. The summed E-state index contributed by atoms with van der Waals surface area (Å²) in [6, 6.07) is 9.17. The summed E-state index contributed by atoms with van der Waals surface area (Å²) < 4.78 is 14.8. The molecule has 3 aromatic rings. The normalized spacial score (nSPS) is 10.8. The lowest BCUT2D eigenvalue weighted by Gasteiger charge is -2.06. The number of benzene rings is 1. The minimum absolute atomic E-state index is 0.268. The maximum absolute atomic E-state index is 13.1. The summed E-state index contributed by atoms with van der Waals surface area (Å²) in [4.78, 5) is 16.5. The molecule has 1 amide bonds. The summed E-state index contributed by atoms with van der Waals surface area (Å²) in [5.74, 6) is -0.788. The molecule has 0 saturated carbocycles. The maximum atomic E-state index is 13.1. The molecule has 6 heteroatoms. The zero-order valence-corrected chi connectivity index (χ0v) is 11.6. The highest BCUT2D eigenvalue weighted by molar-refractivity contribution is 6.03. The second-order valence-corrected chi connectivity index (χ2v) is 4.80. The van der Waals surface area contributed by atoms with E-state index in [4.69, 9.17) is 0 Å². The number of hydrogen-bond donors (Lipinski definition) is 1. The number of carbonyl (C=O) groups excluding carboxylic acids is 1. The van der Waals surface area contributed by atoms with E-state index in [0.29, 0.717) is 11.3 Å². The standard InChI is InChI=1S/C15H13FN4O/c1-9-6-14-18-13(7-10(2)20(14)19-9)15(21)17-12-5-3-4-11(16)8-12/h3-8H,1-2H3,(H,17,21). The number of anilines is 1. The van der Waals surface area contributed by atoms with Crippen LogP contribution in [0.15, 0.2) is 36.4 Å². The molecule has 0 aliphatic carbocycles. The van der Waals surface area contributed by atoms with Crippen molar-refractivity contribution < 1.29 is 9.18 Å². The van der Waals surface area contributed by atoms with Crippen LogP contribution in [0.3, 0.4) is 0 Å². The highest BCUT2D eigenvalue weighted by atomic mass is 19.1. The predicted octanol–water partition coefficient (Wildman–Crippen LogP) is 2.74. The largest absolute Gasteiger partial charge is 0.321 e. The van der Waals surface area contributed by atoms with Crippen LogP contribution in [-0.2, 0) is 0 Å². The third kappa shape index (κ3) is 2.60. The van der Waals surface area contributed by atoms with Crippen molar-refractivity contribution in [3.63, 3.8) is 0 Å². The van der Waals surface area contributed by atoms with Crippen molar-refractivity contribution in [3.05, 3.63) is 59.3 Å². The number of nitrogens with one attached hydrogen (secondary N) is 1. The average Bonchev–Trinajstić information content (AvgIpc) is 2.79. The van der Waals surface area contributed by atoms with Crippen LogP contribution in [0.5, 0.6) is 0 Å². The fraction of sp³-hybridized carbons (Fsp3) is 0.133. The molecular weight excluding hydrogens is 271 g/mol. The van der Waals surface area contributed by atoms with E-state index in [-0.39, 0.29) is 11.6 Å². The van der Waals surface area contributed by atoms with Crippen LogP contribution in [0.25, 0.3) is 5.65 Å². The van der Waals surface area contributed by atoms with Crippen LogP contribution in [0.1, 0.15) is 21.9 Å². The van der Waals surface area contributed by atoms with E-state index < -0.39 is 5.82 Å². The van der Waals surface area contributed by atoms with Gasteiger partial charge in [0.15, 0.2) is 5.65 Å². The predicted molar refractivity (Wildman–Crippen MR) is 76.8 cm³/mol. The third-order valence-corrected chi connectivity index (χ3v) is 3.04. The van der Waals surface area contributed by atoms with Gasteiger partial charge in [-0.05, 0) is 38.1 Å². The van der Waals surface area contributed by atoms with Gasteiger partial charge < -0.3 is 5.32 Å². The number of hydrogen-bond acceptors (Lipinski definition) is 3. The van der Waals surface area contributed by atoms with Crippen LogP contribution in [-0.4, -0.2) is 20.5 Å². The van der Waals surface area contributed by atoms with Crippen molar-refractivity contribution in [2.45, 2.75) is 13.8 Å². The minimum Gasteiger partial charge on any atom is -0.321 e. The van der Waals surface area contributed by atoms with Crippen molar-refractivity contribution in [1.82, 2.24) is 14.6 Å².